The van der Waals surface area contributed by atoms with E-state index in [4.69, 9.17) is 4.74 Å². The Hall–Kier alpha value is -3.40. The topological polar surface area (TPSA) is 73.6 Å². The monoisotopic (exact) mass is 423 g/mol. The number of nitrogens with zero attached hydrogens (tertiary/aromatic N) is 3. The van der Waals surface area contributed by atoms with Gasteiger partial charge in [-0.1, -0.05) is 32.0 Å². The molecule has 1 heterocycles. The summed E-state index contributed by atoms with van der Waals surface area (Å²) < 4.78 is 19.8. The maximum Gasteiger partial charge on any atom is 0.264 e. The minimum atomic E-state index is -0.733. The summed E-state index contributed by atoms with van der Waals surface area (Å²) in [5.41, 5.74) is 1.17. The summed E-state index contributed by atoms with van der Waals surface area (Å²) >= 11 is 0. The lowest BCUT2D eigenvalue weighted by atomic mass is 10.0. The SMILES string of the molecule is Cc1ccc(C(=O)N2CCN(C(=O)C(Oc3ccccc3C#N)C(C)C)CC2)cc1F. The summed E-state index contributed by atoms with van der Waals surface area (Å²) in [6, 6.07) is 13.4. The largest absolute Gasteiger partial charge is 0.479 e. The Morgan fingerprint density at radius 1 is 1.06 bits per heavy atom. The molecule has 2 aromatic rings. The van der Waals surface area contributed by atoms with Gasteiger partial charge < -0.3 is 14.5 Å². The highest BCUT2D eigenvalue weighted by Gasteiger charge is 2.32. The van der Waals surface area contributed by atoms with E-state index in [9.17, 15) is 19.2 Å². The van der Waals surface area contributed by atoms with Crippen molar-refractivity contribution < 1.29 is 18.7 Å². The third kappa shape index (κ3) is 5.02. The minimum Gasteiger partial charge on any atom is -0.479 e. The Labute approximate surface area is 181 Å². The number of carbonyl (C=O) groups excluding carboxylic acids is 2. The summed E-state index contributed by atoms with van der Waals surface area (Å²) in [6.07, 6.45) is -0.733. The zero-order valence-corrected chi connectivity index (χ0v) is 18.0. The van der Waals surface area contributed by atoms with Crippen LogP contribution in [0.2, 0.25) is 0 Å². The van der Waals surface area contributed by atoms with Gasteiger partial charge in [0, 0.05) is 31.7 Å². The second-order valence-corrected chi connectivity index (χ2v) is 7.97. The van der Waals surface area contributed by atoms with Crippen LogP contribution in [0, 0.1) is 30.0 Å². The van der Waals surface area contributed by atoms with Crippen molar-refractivity contribution in [2.45, 2.75) is 26.9 Å². The van der Waals surface area contributed by atoms with Crippen molar-refractivity contribution in [1.82, 2.24) is 9.80 Å². The van der Waals surface area contributed by atoms with Gasteiger partial charge in [0.1, 0.15) is 17.6 Å². The van der Waals surface area contributed by atoms with Gasteiger partial charge >= 0.3 is 0 Å². The average molecular weight is 423 g/mol. The molecule has 0 aliphatic carbocycles. The molecule has 0 aromatic heterocycles. The van der Waals surface area contributed by atoms with Gasteiger partial charge in [-0.15, -0.1) is 0 Å². The van der Waals surface area contributed by atoms with Crippen molar-refractivity contribution in [3.05, 3.63) is 65.0 Å². The van der Waals surface area contributed by atoms with Crippen LogP contribution >= 0.6 is 0 Å². The fourth-order valence-electron chi connectivity index (χ4n) is 3.49. The van der Waals surface area contributed by atoms with Gasteiger partial charge in [-0.25, -0.2) is 4.39 Å². The molecule has 2 amide bonds. The third-order valence-electron chi connectivity index (χ3n) is 5.41. The number of para-hydroxylation sites is 1. The zero-order valence-electron chi connectivity index (χ0n) is 18.0. The molecule has 1 aliphatic heterocycles. The van der Waals surface area contributed by atoms with E-state index in [2.05, 4.69) is 6.07 Å². The lowest BCUT2D eigenvalue weighted by molar-refractivity contribution is -0.142. The number of hydrogen-bond acceptors (Lipinski definition) is 4. The smallest absolute Gasteiger partial charge is 0.264 e. The highest BCUT2D eigenvalue weighted by atomic mass is 19.1. The summed E-state index contributed by atoms with van der Waals surface area (Å²) in [5.74, 6) is -0.544. The van der Waals surface area contributed by atoms with E-state index in [-0.39, 0.29) is 17.7 Å². The highest BCUT2D eigenvalue weighted by molar-refractivity contribution is 5.94. The summed E-state index contributed by atoms with van der Waals surface area (Å²) in [4.78, 5) is 29.1. The number of aryl methyl sites for hydroxylation is 1. The molecule has 6 nitrogen and oxygen atoms in total. The van der Waals surface area contributed by atoms with E-state index in [1.807, 2.05) is 13.8 Å². The second kappa shape index (κ2) is 9.61. The Morgan fingerprint density at radius 2 is 1.71 bits per heavy atom. The number of carbonyl (C=O) groups is 2. The molecule has 162 valence electrons. The molecule has 0 bridgehead atoms. The first kappa shape index (κ1) is 22.3. The van der Waals surface area contributed by atoms with Crippen molar-refractivity contribution in [1.29, 1.82) is 5.26 Å². The number of nitriles is 1. The third-order valence-corrected chi connectivity index (χ3v) is 5.41. The molecular formula is C24H26FN3O3. The number of amides is 2. The standard InChI is InChI=1S/C24H26FN3O3/c1-16(2)22(31-21-7-5-4-6-19(21)15-26)24(30)28-12-10-27(11-13-28)23(29)18-9-8-17(3)20(25)14-18/h4-9,14,16,22H,10-13H2,1-3H3. The van der Waals surface area contributed by atoms with Crippen LogP contribution in [0.5, 0.6) is 5.75 Å². The fraction of sp³-hybridized carbons (Fsp3) is 0.375. The van der Waals surface area contributed by atoms with Crippen LogP contribution in [0.4, 0.5) is 4.39 Å². The molecule has 0 N–H and O–H groups in total. The molecule has 1 fully saturated rings. The van der Waals surface area contributed by atoms with E-state index in [0.29, 0.717) is 48.6 Å². The predicted molar refractivity (Wildman–Crippen MR) is 114 cm³/mol. The summed E-state index contributed by atoms with van der Waals surface area (Å²) in [7, 11) is 0. The van der Waals surface area contributed by atoms with Crippen molar-refractivity contribution in [2.24, 2.45) is 5.92 Å². The lowest BCUT2D eigenvalue weighted by Crippen LogP contribution is -2.54. The van der Waals surface area contributed by atoms with Crippen LogP contribution in [0.25, 0.3) is 0 Å². The second-order valence-electron chi connectivity index (χ2n) is 7.97. The number of benzene rings is 2. The maximum absolute atomic E-state index is 13.8. The first-order valence-corrected chi connectivity index (χ1v) is 10.3. The van der Waals surface area contributed by atoms with Crippen LogP contribution in [-0.4, -0.2) is 53.9 Å². The molecule has 1 saturated heterocycles. The first-order chi connectivity index (χ1) is 14.8. The normalized spacial score (nSPS) is 14.8. The molecule has 1 aliphatic rings. The van der Waals surface area contributed by atoms with Crippen LogP contribution < -0.4 is 4.74 Å². The van der Waals surface area contributed by atoms with Crippen molar-refractivity contribution in [3.63, 3.8) is 0 Å². The Bertz CT molecular complexity index is 1010. The van der Waals surface area contributed by atoms with Crippen molar-refractivity contribution in [2.75, 3.05) is 26.2 Å². The van der Waals surface area contributed by atoms with Gasteiger partial charge in [-0.05, 0) is 42.7 Å². The molecule has 1 atom stereocenters. The number of ether oxygens (including phenoxy) is 1. The average Bonchev–Trinajstić information content (AvgIpc) is 2.78. The van der Waals surface area contributed by atoms with E-state index < -0.39 is 11.9 Å². The molecule has 31 heavy (non-hydrogen) atoms. The van der Waals surface area contributed by atoms with Crippen LogP contribution in [0.3, 0.4) is 0 Å². The van der Waals surface area contributed by atoms with Gasteiger partial charge in [-0.2, -0.15) is 5.26 Å². The molecule has 0 radical (unpaired) electrons. The number of rotatable bonds is 5. The fourth-order valence-corrected chi connectivity index (χ4v) is 3.49. The number of hydrogen-bond donors (Lipinski definition) is 0. The first-order valence-electron chi connectivity index (χ1n) is 10.3. The highest BCUT2D eigenvalue weighted by Crippen LogP contribution is 2.22. The van der Waals surface area contributed by atoms with Crippen LogP contribution in [0.1, 0.15) is 35.3 Å². The summed E-state index contributed by atoms with van der Waals surface area (Å²) in [5, 5.41) is 9.28. The lowest BCUT2D eigenvalue weighted by Gasteiger charge is -2.37. The van der Waals surface area contributed by atoms with Gasteiger partial charge in [-0.3, -0.25) is 9.59 Å². The molecule has 2 aromatic carbocycles. The zero-order chi connectivity index (χ0) is 22.5. The van der Waals surface area contributed by atoms with E-state index in [1.165, 1.54) is 6.07 Å². The number of piperazine rings is 1. The predicted octanol–water partition coefficient (Wildman–Crippen LogP) is 3.39. The molecule has 7 heteroatoms. The Morgan fingerprint density at radius 3 is 2.32 bits per heavy atom. The Balaban J connectivity index is 1.65. The quantitative estimate of drug-likeness (QED) is 0.739. The van der Waals surface area contributed by atoms with Crippen LogP contribution in [0.15, 0.2) is 42.5 Å². The molecular weight excluding hydrogens is 397 g/mol. The van der Waals surface area contributed by atoms with Crippen molar-refractivity contribution >= 4 is 11.8 Å². The van der Waals surface area contributed by atoms with Crippen LogP contribution in [-0.2, 0) is 4.79 Å². The van der Waals surface area contributed by atoms with Gasteiger partial charge in [0.2, 0.25) is 0 Å². The van der Waals surface area contributed by atoms with Gasteiger partial charge in [0.25, 0.3) is 11.8 Å². The van der Waals surface area contributed by atoms with Gasteiger partial charge in [0.15, 0.2) is 6.10 Å². The molecule has 0 spiro atoms. The van der Waals surface area contributed by atoms with Crippen molar-refractivity contribution in [3.8, 4) is 11.8 Å². The minimum absolute atomic E-state index is 0.102. The molecule has 0 saturated carbocycles. The van der Waals surface area contributed by atoms with E-state index in [0.717, 1.165) is 0 Å². The molecule has 3 rings (SSSR count). The number of halogens is 1. The molecule has 1 unspecified atom stereocenters. The van der Waals surface area contributed by atoms with Gasteiger partial charge in [0.05, 0.1) is 5.56 Å². The van der Waals surface area contributed by atoms with E-state index >= 15 is 0 Å². The summed E-state index contributed by atoms with van der Waals surface area (Å²) in [6.45, 7) is 6.89. The maximum atomic E-state index is 13.8. The van der Waals surface area contributed by atoms with E-state index in [1.54, 1.807) is 53.1 Å². The Kier molecular flexibility index (Phi) is 6.91.